The zero-order valence-electron chi connectivity index (χ0n) is 17.3. The number of nitrogens with one attached hydrogen (secondary N) is 1. The Balaban J connectivity index is 1.39. The Labute approximate surface area is 185 Å². The predicted molar refractivity (Wildman–Crippen MR) is 121 cm³/mol. The van der Waals surface area contributed by atoms with E-state index in [0.29, 0.717) is 18.1 Å². The molecule has 1 fully saturated rings. The third-order valence-corrected chi connectivity index (χ3v) is 6.18. The van der Waals surface area contributed by atoms with E-state index in [-0.39, 0.29) is 17.5 Å². The molecule has 0 unspecified atom stereocenters. The molecule has 0 atom stereocenters. The summed E-state index contributed by atoms with van der Waals surface area (Å²) in [5.41, 5.74) is 1.98. The van der Waals surface area contributed by atoms with E-state index in [9.17, 15) is 9.18 Å². The highest BCUT2D eigenvalue weighted by molar-refractivity contribution is 7.99. The minimum absolute atomic E-state index is 0.0609. The summed E-state index contributed by atoms with van der Waals surface area (Å²) in [6.45, 7) is 2.45. The first kappa shape index (κ1) is 21.4. The van der Waals surface area contributed by atoms with Crippen molar-refractivity contribution in [1.82, 2.24) is 20.1 Å². The number of para-hydroxylation sites is 1. The minimum Gasteiger partial charge on any atom is -0.355 e. The molecular weight excluding hydrogens is 413 g/mol. The topological polar surface area (TPSA) is 63.1 Å². The van der Waals surface area contributed by atoms with Crippen LogP contribution in [-0.4, -0.2) is 46.1 Å². The first-order valence-corrected chi connectivity index (χ1v) is 11.6. The lowest BCUT2D eigenvalue weighted by atomic mass is 10.1. The fourth-order valence-corrected chi connectivity index (χ4v) is 4.41. The third kappa shape index (κ3) is 5.64. The molecule has 1 aromatic heterocycles. The van der Waals surface area contributed by atoms with Crippen molar-refractivity contribution < 1.29 is 9.18 Å². The maximum absolute atomic E-state index is 13.0. The number of thioether (sulfide) groups is 1. The molecule has 4 rings (SSSR count). The van der Waals surface area contributed by atoms with Gasteiger partial charge in [-0.1, -0.05) is 42.1 Å². The normalized spacial score (nSPS) is 13.9. The molecule has 1 N–H and O–H groups in total. The number of halogens is 1. The molecule has 1 amide bonds. The Morgan fingerprint density at radius 1 is 1.00 bits per heavy atom. The number of amides is 1. The molecule has 1 aliphatic rings. The Bertz CT molecular complexity index is 987. The Morgan fingerprint density at radius 3 is 2.48 bits per heavy atom. The van der Waals surface area contributed by atoms with Crippen molar-refractivity contribution >= 4 is 23.6 Å². The summed E-state index contributed by atoms with van der Waals surface area (Å²) < 4.78 is 15.0. The molecule has 2 heterocycles. The zero-order valence-corrected chi connectivity index (χ0v) is 18.2. The summed E-state index contributed by atoms with van der Waals surface area (Å²) in [6, 6.07) is 16.4. The highest BCUT2D eigenvalue weighted by Crippen LogP contribution is 2.28. The summed E-state index contributed by atoms with van der Waals surface area (Å²) in [5, 5.41) is 12.5. The summed E-state index contributed by atoms with van der Waals surface area (Å²) in [7, 11) is 0. The van der Waals surface area contributed by atoms with Crippen LogP contribution in [0.2, 0.25) is 0 Å². The average Bonchev–Trinajstić information content (AvgIpc) is 3.24. The maximum Gasteiger partial charge on any atom is 0.232 e. The van der Waals surface area contributed by atoms with Crippen molar-refractivity contribution in [1.29, 1.82) is 0 Å². The van der Waals surface area contributed by atoms with Crippen LogP contribution in [0.5, 0.6) is 0 Å². The van der Waals surface area contributed by atoms with Gasteiger partial charge in [0.15, 0.2) is 5.16 Å². The van der Waals surface area contributed by atoms with E-state index in [0.717, 1.165) is 43.1 Å². The molecule has 0 spiro atoms. The quantitative estimate of drug-likeness (QED) is 0.540. The number of carbonyl (C=O) groups is 1. The molecule has 1 saturated heterocycles. The number of nitrogens with zero attached hydrogens (tertiary/aromatic N) is 4. The number of hydrogen-bond donors (Lipinski definition) is 1. The molecule has 0 radical (unpaired) electrons. The second-order valence-electron chi connectivity index (χ2n) is 7.52. The summed E-state index contributed by atoms with van der Waals surface area (Å²) in [6.07, 6.45) is 4.22. The molecule has 0 aliphatic carbocycles. The molecular formula is C23H26FN5OS. The number of piperidine rings is 1. The van der Waals surface area contributed by atoms with E-state index in [1.54, 1.807) is 12.1 Å². The molecule has 6 nitrogen and oxygen atoms in total. The Morgan fingerprint density at radius 2 is 1.74 bits per heavy atom. The van der Waals surface area contributed by atoms with E-state index in [2.05, 4.69) is 20.4 Å². The van der Waals surface area contributed by atoms with Gasteiger partial charge in [0.25, 0.3) is 0 Å². The number of carbonyl (C=O) groups excluding carboxylic acids is 1. The van der Waals surface area contributed by atoms with E-state index >= 15 is 0 Å². The van der Waals surface area contributed by atoms with Crippen molar-refractivity contribution in [3.05, 3.63) is 66.0 Å². The first-order valence-electron chi connectivity index (χ1n) is 10.6. The second kappa shape index (κ2) is 10.4. The van der Waals surface area contributed by atoms with Crippen LogP contribution >= 0.6 is 11.8 Å². The number of anilines is 1. The lowest BCUT2D eigenvalue weighted by Crippen LogP contribution is -2.31. The third-order valence-electron chi connectivity index (χ3n) is 5.25. The molecule has 1 aliphatic heterocycles. The van der Waals surface area contributed by atoms with Gasteiger partial charge in [0.05, 0.1) is 11.4 Å². The maximum atomic E-state index is 13.0. The van der Waals surface area contributed by atoms with Gasteiger partial charge in [0.2, 0.25) is 11.9 Å². The second-order valence-corrected chi connectivity index (χ2v) is 8.46. The SMILES string of the molecule is O=C(CSc1nnc(N2CCCCC2)n1-c1ccccc1)NCCc1ccc(F)cc1. The molecule has 0 bridgehead atoms. The van der Waals surface area contributed by atoms with Gasteiger partial charge in [-0.25, -0.2) is 4.39 Å². The van der Waals surface area contributed by atoms with Gasteiger partial charge in [-0.3, -0.25) is 9.36 Å². The fraction of sp³-hybridized carbons (Fsp3) is 0.348. The molecule has 162 valence electrons. The number of hydrogen-bond acceptors (Lipinski definition) is 5. The summed E-state index contributed by atoms with van der Waals surface area (Å²) in [5.74, 6) is 0.781. The molecule has 2 aromatic carbocycles. The predicted octanol–water partition coefficient (Wildman–Crippen LogP) is 3.85. The van der Waals surface area contributed by atoms with Crippen LogP contribution < -0.4 is 10.2 Å². The van der Waals surface area contributed by atoms with Gasteiger partial charge in [0.1, 0.15) is 5.82 Å². The van der Waals surface area contributed by atoms with Crippen molar-refractivity contribution in [2.75, 3.05) is 30.3 Å². The highest BCUT2D eigenvalue weighted by Gasteiger charge is 2.21. The molecule has 3 aromatic rings. The van der Waals surface area contributed by atoms with Crippen LogP contribution in [-0.2, 0) is 11.2 Å². The van der Waals surface area contributed by atoms with Gasteiger partial charge in [-0.2, -0.15) is 0 Å². The Hall–Kier alpha value is -2.87. The molecule has 31 heavy (non-hydrogen) atoms. The standard InChI is InChI=1S/C23H26FN5OS/c24-19-11-9-18(10-12-19)13-14-25-21(30)17-31-23-27-26-22(28-15-5-2-6-16-28)29(23)20-7-3-1-4-8-20/h1,3-4,7-12H,2,5-6,13-17H2,(H,25,30). The lowest BCUT2D eigenvalue weighted by molar-refractivity contribution is -0.118. The molecule has 0 saturated carbocycles. The summed E-state index contributed by atoms with van der Waals surface area (Å²) in [4.78, 5) is 14.6. The first-order chi connectivity index (χ1) is 15.2. The van der Waals surface area contributed by atoms with Crippen LogP contribution in [0.3, 0.4) is 0 Å². The monoisotopic (exact) mass is 439 g/mol. The van der Waals surface area contributed by atoms with Crippen LogP contribution in [0.4, 0.5) is 10.3 Å². The van der Waals surface area contributed by atoms with Gasteiger partial charge >= 0.3 is 0 Å². The van der Waals surface area contributed by atoms with Crippen LogP contribution in [0, 0.1) is 5.82 Å². The highest BCUT2D eigenvalue weighted by atomic mass is 32.2. The van der Waals surface area contributed by atoms with Crippen LogP contribution in [0.25, 0.3) is 5.69 Å². The summed E-state index contributed by atoms with van der Waals surface area (Å²) >= 11 is 1.38. The largest absolute Gasteiger partial charge is 0.355 e. The van der Waals surface area contributed by atoms with Gasteiger partial charge in [-0.05, 0) is 55.5 Å². The van der Waals surface area contributed by atoms with Crippen LogP contribution in [0.1, 0.15) is 24.8 Å². The van der Waals surface area contributed by atoms with Crippen molar-refractivity contribution in [2.24, 2.45) is 0 Å². The van der Waals surface area contributed by atoms with E-state index in [1.807, 2.05) is 34.9 Å². The van der Waals surface area contributed by atoms with Gasteiger partial charge in [0, 0.05) is 19.6 Å². The average molecular weight is 440 g/mol. The molecule has 8 heteroatoms. The number of benzene rings is 2. The fourth-order valence-electron chi connectivity index (χ4n) is 3.64. The smallest absolute Gasteiger partial charge is 0.232 e. The minimum atomic E-state index is -0.254. The van der Waals surface area contributed by atoms with Crippen molar-refractivity contribution in [3.63, 3.8) is 0 Å². The number of rotatable bonds is 8. The van der Waals surface area contributed by atoms with Gasteiger partial charge < -0.3 is 10.2 Å². The Kier molecular flexibility index (Phi) is 7.19. The number of aromatic nitrogens is 3. The van der Waals surface area contributed by atoms with Gasteiger partial charge in [-0.15, -0.1) is 10.2 Å². The van der Waals surface area contributed by atoms with Crippen molar-refractivity contribution in [3.8, 4) is 5.69 Å². The van der Waals surface area contributed by atoms with E-state index in [4.69, 9.17) is 0 Å². The lowest BCUT2D eigenvalue weighted by Gasteiger charge is -2.27. The van der Waals surface area contributed by atoms with Crippen LogP contribution in [0.15, 0.2) is 59.8 Å². The zero-order chi connectivity index (χ0) is 21.5. The van der Waals surface area contributed by atoms with E-state index < -0.39 is 0 Å². The van der Waals surface area contributed by atoms with Crippen molar-refractivity contribution in [2.45, 2.75) is 30.8 Å². The van der Waals surface area contributed by atoms with E-state index in [1.165, 1.54) is 30.3 Å².